The zero-order valence-corrected chi connectivity index (χ0v) is 10.1. The SMILES string of the molecule is COc1ccc(C)cc1C(S)C(N)C(=O)O. The first kappa shape index (κ1) is 12.9. The molecule has 0 aliphatic rings. The Morgan fingerprint density at radius 1 is 1.56 bits per heavy atom. The number of hydrogen-bond acceptors (Lipinski definition) is 4. The molecule has 0 heterocycles. The summed E-state index contributed by atoms with van der Waals surface area (Å²) in [5.74, 6) is -0.481. The second-order valence-electron chi connectivity index (χ2n) is 3.55. The molecule has 2 atom stereocenters. The van der Waals surface area contributed by atoms with E-state index in [0.29, 0.717) is 11.3 Å². The fourth-order valence-electron chi connectivity index (χ4n) is 1.41. The second-order valence-corrected chi connectivity index (χ2v) is 4.11. The van der Waals surface area contributed by atoms with Gasteiger partial charge < -0.3 is 15.6 Å². The summed E-state index contributed by atoms with van der Waals surface area (Å²) < 4.78 is 5.15. The lowest BCUT2D eigenvalue weighted by molar-refractivity contribution is -0.138. The Labute approximate surface area is 99.8 Å². The number of carboxylic acid groups (broad SMARTS) is 1. The number of nitrogens with two attached hydrogens (primary N) is 1. The van der Waals surface area contributed by atoms with Gasteiger partial charge >= 0.3 is 5.97 Å². The number of hydrogen-bond donors (Lipinski definition) is 3. The molecule has 3 N–H and O–H groups in total. The van der Waals surface area contributed by atoms with Gasteiger partial charge in [0.2, 0.25) is 0 Å². The molecule has 88 valence electrons. The number of rotatable bonds is 4. The summed E-state index contributed by atoms with van der Waals surface area (Å²) in [4.78, 5) is 10.8. The molecule has 1 rings (SSSR count). The van der Waals surface area contributed by atoms with Crippen LogP contribution >= 0.6 is 12.6 Å². The van der Waals surface area contributed by atoms with E-state index in [-0.39, 0.29) is 0 Å². The highest BCUT2D eigenvalue weighted by atomic mass is 32.1. The van der Waals surface area contributed by atoms with Gasteiger partial charge in [-0.05, 0) is 13.0 Å². The van der Waals surface area contributed by atoms with Crippen molar-refractivity contribution in [3.63, 3.8) is 0 Å². The van der Waals surface area contributed by atoms with Crippen LogP contribution in [-0.2, 0) is 4.79 Å². The first-order valence-electron chi connectivity index (χ1n) is 4.78. The smallest absolute Gasteiger partial charge is 0.321 e. The normalized spacial score (nSPS) is 14.2. The molecule has 5 heteroatoms. The third-order valence-electron chi connectivity index (χ3n) is 2.33. The van der Waals surface area contributed by atoms with Crippen molar-refractivity contribution in [2.45, 2.75) is 18.2 Å². The summed E-state index contributed by atoms with van der Waals surface area (Å²) >= 11 is 4.24. The summed E-state index contributed by atoms with van der Waals surface area (Å²) in [6.45, 7) is 1.91. The summed E-state index contributed by atoms with van der Waals surface area (Å²) in [6, 6.07) is 4.44. The van der Waals surface area contributed by atoms with Crippen LogP contribution in [-0.4, -0.2) is 24.2 Å². The second kappa shape index (κ2) is 5.23. The summed E-state index contributed by atoms with van der Waals surface area (Å²) in [5.41, 5.74) is 7.24. The maximum Gasteiger partial charge on any atom is 0.321 e. The lowest BCUT2D eigenvalue weighted by atomic mass is 10.0. The van der Waals surface area contributed by atoms with Gasteiger partial charge in [-0.25, -0.2) is 0 Å². The van der Waals surface area contributed by atoms with E-state index >= 15 is 0 Å². The van der Waals surface area contributed by atoms with E-state index in [1.165, 1.54) is 7.11 Å². The Balaban J connectivity index is 3.10. The fourth-order valence-corrected chi connectivity index (χ4v) is 1.74. The predicted molar refractivity (Wildman–Crippen MR) is 65.1 cm³/mol. The molecular formula is C11H15NO3S. The van der Waals surface area contributed by atoms with Crippen LogP contribution in [0.2, 0.25) is 0 Å². The lowest BCUT2D eigenvalue weighted by Gasteiger charge is -2.18. The maximum absolute atomic E-state index is 10.8. The van der Waals surface area contributed by atoms with Crippen molar-refractivity contribution in [1.29, 1.82) is 0 Å². The van der Waals surface area contributed by atoms with Crippen LogP contribution in [0.1, 0.15) is 16.4 Å². The van der Waals surface area contributed by atoms with Gasteiger partial charge in [0.05, 0.1) is 12.4 Å². The molecule has 1 aromatic carbocycles. The van der Waals surface area contributed by atoms with Crippen molar-refractivity contribution in [2.75, 3.05) is 7.11 Å². The van der Waals surface area contributed by atoms with E-state index in [9.17, 15) is 4.79 Å². The van der Waals surface area contributed by atoms with Crippen molar-refractivity contribution < 1.29 is 14.6 Å². The maximum atomic E-state index is 10.8. The number of aryl methyl sites for hydroxylation is 1. The Kier molecular flexibility index (Phi) is 4.20. The summed E-state index contributed by atoms with van der Waals surface area (Å²) in [6.07, 6.45) is 0. The average molecular weight is 241 g/mol. The van der Waals surface area contributed by atoms with E-state index < -0.39 is 17.3 Å². The molecule has 0 radical (unpaired) electrons. The van der Waals surface area contributed by atoms with Gasteiger partial charge in [0.15, 0.2) is 0 Å². The highest BCUT2D eigenvalue weighted by Gasteiger charge is 2.25. The molecule has 0 saturated carbocycles. The van der Waals surface area contributed by atoms with Gasteiger partial charge in [-0.15, -0.1) is 0 Å². The molecule has 0 amide bonds. The van der Waals surface area contributed by atoms with E-state index in [1.54, 1.807) is 6.07 Å². The highest BCUT2D eigenvalue weighted by molar-refractivity contribution is 7.80. The predicted octanol–water partition coefficient (Wildman–Crippen LogP) is 1.39. The minimum absolute atomic E-state index is 0.590. The number of methoxy groups -OCH3 is 1. The molecule has 0 bridgehead atoms. The standard InChI is InChI=1S/C11H15NO3S/c1-6-3-4-8(15-2)7(5-6)10(16)9(12)11(13)14/h3-5,9-10,16H,12H2,1-2H3,(H,13,14). The minimum Gasteiger partial charge on any atom is -0.496 e. The Morgan fingerprint density at radius 3 is 2.69 bits per heavy atom. The van der Waals surface area contributed by atoms with Crippen LogP contribution in [0.3, 0.4) is 0 Å². The van der Waals surface area contributed by atoms with E-state index in [0.717, 1.165) is 5.56 Å². The Bertz CT molecular complexity index is 395. The third-order valence-corrected chi connectivity index (χ3v) is 2.93. The van der Waals surface area contributed by atoms with Gasteiger partial charge in [-0.3, -0.25) is 4.79 Å². The molecule has 0 saturated heterocycles. The first-order chi connectivity index (χ1) is 7.47. The van der Waals surface area contributed by atoms with Gasteiger partial charge in [0.25, 0.3) is 0 Å². The van der Waals surface area contributed by atoms with Crippen LogP contribution in [0.15, 0.2) is 18.2 Å². The topological polar surface area (TPSA) is 72.5 Å². The number of benzene rings is 1. The van der Waals surface area contributed by atoms with Crippen molar-refractivity contribution in [3.05, 3.63) is 29.3 Å². The zero-order chi connectivity index (χ0) is 12.3. The molecule has 0 aliphatic heterocycles. The number of carboxylic acids is 1. The number of carbonyl (C=O) groups is 1. The van der Waals surface area contributed by atoms with Crippen LogP contribution in [0.25, 0.3) is 0 Å². The van der Waals surface area contributed by atoms with Gasteiger partial charge in [0.1, 0.15) is 11.8 Å². The highest BCUT2D eigenvalue weighted by Crippen LogP contribution is 2.32. The zero-order valence-electron chi connectivity index (χ0n) is 9.18. The van der Waals surface area contributed by atoms with Crippen molar-refractivity contribution in [2.24, 2.45) is 5.73 Å². The Morgan fingerprint density at radius 2 is 2.19 bits per heavy atom. The van der Waals surface area contributed by atoms with Crippen molar-refractivity contribution in [3.8, 4) is 5.75 Å². The largest absolute Gasteiger partial charge is 0.496 e. The number of ether oxygens (including phenoxy) is 1. The first-order valence-corrected chi connectivity index (χ1v) is 5.30. The van der Waals surface area contributed by atoms with Crippen LogP contribution < -0.4 is 10.5 Å². The van der Waals surface area contributed by atoms with Crippen molar-refractivity contribution >= 4 is 18.6 Å². The molecule has 1 aromatic rings. The molecule has 0 spiro atoms. The average Bonchev–Trinajstić information content (AvgIpc) is 2.26. The quantitative estimate of drug-likeness (QED) is 0.696. The van der Waals surface area contributed by atoms with Crippen LogP contribution in [0.5, 0.6) is 5.75 Å². The van der Waals surface area contributed by atoms with Crippen LogP contribution in [0, 0.1) is 6.92 Å². The molecular weight excluding hydrogens is 226 g/mol. The van der Waals surface area contributed by atoms with E-state index in [4.69, 9.17) is 15.6 Å². The summed E-state index contributed by atoms with van der Waals surface area (Å²) in [7, 11) is 1.53. The van der Waals surface area contributed by atoms with Gasteiger partial charge in [-0.1, -0.05) is 17.7 Å². The van der Waals surface area contributed by atoms with Gasteiger partial charge in [-0.2, -0.15) is 12.6 Å². The van der Waals surface area contributed by atoms with Crippen LogP contribution in [0.4, 0.5) is 0 Å². The van der Waals surface area contributed by atoms with Crippen molar-refractivity contribution in [1.82, 2.24) is 0 Å². The molecule has 4 nitrogen and oxygen atoms in total. The van der Waals surface area contributed by atoms with Gasteiger partial charge in [0, 0.05) is 5.56 Å². The molecule has 0 aliphatic carbocycles. The lowest BCUT2D eigenvalue weighted by Crippen LogP contribution is -2.34. The molecule has 0 aromatic heterocycles. The minimum atomic E-state index is -1.08. The van der Waals surface area contributed by atoms with E-state index in [1.807, 2.05) is 19.1 Å². The van der Waals surface area contributed by atoms with E-state index in [2.05, 4.69) is 12.6 Å². The molecule has 16 heavy (non-hydrogen) atoms. The number of thiol groups is 1. The monoisotopic (exact) mass is 241 g/mol. The summed E-state index contributed by atoms with van der Waals surface area (Å²) in [5, 5.41) is 8.24. The number of aliphatic carboxylic acids is 1. The fraction of sp³-hybridized carbons (Fsp3) is 0.364. The molecule has 0 fully saturated rings. The third kappa shape index (κ3) is 2.68. The Hall–Kier alpha value is -1.20. The molecule has 2 unspecified atom stereocenters.